The van der Waals surface area contributed by atoms with E-state index in [2.05, 4.69) is 20.3 Å². The highest BCUT2D eigenvalue weighted by Gasteiger charge is 2.13. The van der Waals surface area contributed by atoms with Crippen molar-refractivity contribution in [2.45, 2.75) is 0 Å². The summed E-state index contributed by atoms with van der Waals surface area (Å²) in [6, 6.07) is 10.3. The highest BCUT2D eigenvalue weighted by Crippen LogP contribution is 2.21. The van der Waals surface area contributed by atoms with E-state index in [1.807, 2.05) is 12.1 Å². The van der Waals surface area contributed by atoms with Crippen LogP contribution in [-0.2, 0) is 0 Å². The first-order valence-electron chi connectivity index (χ1n) is 6.62. The maximum atomic E-state index is 12.2. The molecule has 0 bridgehead atoms. The van der Waals surface area contributed by atoms with Crippen LogP contribution in [-0.4, -0.2) is 20.9 Å². The summed E-state index contributed by atoms with van der Waals surface area (Å²) in [7, 11) is 0. The SMILES string of the molecule is O=C(Nc1ccc(-c2cncnc2)cc1)c1nc(Cl)ccc1Cl. The lowest BCUT2D eigenvalue weighted by atomic mass is 10.1. The lowest BCUT2D eigenvalue weighted by molar-refractivity contribution is 0.102. The third-order valence-corrected chi connectivity index (χ3v) is 3.58. The van der Waals surface area contributed by atoms with Crippen LogP contribution in [0.3, 0.4) is 0 Å². The average Bonchev–Trinajstić information content (AvgIpc) is 2.58. The predicted molar refractivity (Wildman–Crippen MR) is 89.7 cm³/mol. The largest absolute Gasteiger partial charge is 0.321 e. The van der Waals surface area contributed by atoms with Crippen LogP contribution in [0.1, 0.15) is 10.5 Å². The van der Waals surface area contributed by atoms with Gasteiger partial charge in [0.15, 0.2) is 0 Å². The van der Waals surface area contributed by atoms with Crippen molar-refractivity contribution in [2.75, 3.05) is 5.32 Å². The fourth-order valence-corrected chi connectivity index (χ4v) is 2.30. The molecule has 7 heteroatoms. The highest BCUT2D eigenvalue weighted by atomic mass is 35.5. The molecule has 0 atom stereocenters. The molecule has 23 heavy (non-hydrogen) atoms. The second-order valence-corrected chi connectivity index (χ2v) is 5.42. The van der Waals surface area contributed by atoms with Crippen LogP contribution in [0.15, 0.2) is 55.1 Å². The van der Waals surface area contributed by atoms with Gasteiger partial charge < -0.3 is 5.32 Å². The quantitative estimate of drug-likeness (QED) is 0.726. The number of nitrogens with one attached hydrogen (secondary N) is 1. The number of anilines is 1. The van der Waals surface area contributed by atoms with Crippen LogP contribution in [0.25, 0.3) is 11.1 Å². The van der Waals surface area contributed by atoms with Crippen LogP contribution >= 0.6 is 23.2 Å². The first-order valence-corrected chi connectivity index (χ1v) is 7.38. The number of benzene rings is 1. The molecule has 0 saturated carbocycles. The molecule has 0 radical (unpaired) electrons. The highest BCUT2D eigenvalue weighted by molar-refractivity contribution is 6.35. The zero-order valence-corrected chi connectivity index (χ0v) is 13.2. The van der Waals surface area contributed by atoms with Crippen molar-refractivity contribution in [3.8, 4) is 11.1 Å². The summed E-state index contributed by atoms with van der Waals surface area (Å²) in [5.74, 6) is -0.423. The van der Waals surface area contributed by atoms with Gasteiger partial charge in [-0.1, -0.05) is 35.3 Å². The molecule has 0 aliphatic rings. The minimum absolute atomic E-state index is 0.0831. The standard InChI is InChI=1S/C16H10Cl2N4O/c17-13-5-6-14(18)22-15(13)16(23)21-12-3-1-10(2-4-12)11-7-19-9-20-8-11/h1-9H,(H,21,23). The van der Waals surface area contributed by atoms with Crippen molar-refractivity contribution in [3.63, 3.8) is 0 Å². The Morgan fingerprint density at radius 3 is 2.30 bits per heavy atom. The zero-order chi connectivity index (χ0) is 16.2. The molecule has 2 aromatic heterocycles. The van der Waals surface area contributed by atoms with Crippen LogP contribution in [0, 0.1) is 0 Å². The van der Waals surface area contributed by atoms with Gasteiger partial charge in [0.25, 0.3) is 5.91 Å². The van der Waals surface area contributed by atoms with Crippen molar-refractivity contribution in [1.82, 2.24) is 15.0 Å². The Hall–Kier alpha value is -2.50. The van der Waals surface area contributed by atoms with E-state index in [0.29, 0.717) is 5.69 Å². The van der Waals surface area contributed by atoms with E-state index < -0.39 is 5.91 Å². The molecule has 1 amide bonds. The number of hydrogen-bond donors (Lipinski definition) is 1. The summed E-state index contributed by atoms with van der Waals surface area (Å²) in [6.07, 6.45) is 4.91. The molecule has 0 aliphatic heterocycles. The number of halogens is 2. The molecule has 0 saturated heterocycles. The van der Waals surface area contributed by atoms with Gasteiger partial charge in [0.1, 0.15) is 17.2 Å². The third kappa shape index (κ3) is 3.64. The van der Waals surface area contributed by atoms with E-state index in [4.69, 9.17) is 23.2 Å². The molecule has 0 fully saturated rings. The van der Waals surface area contributed by atoms with Crippen molar-refractivity contribution in [1.29, 1.82) is 0 Å². The summed E-state index contributed by atoms with van der Waals surface area (Å²) in [5.41, 5.74) is 2.54. The Morgan fingerprint density at radius 1 is 0.913 bits per heavy atom. The normalized spacial score (nSPS) is 10.3. The number of aromatic nitrogens is 3. The molecule has 0 spiro atoms. The first-order chi connectivity index (χ1) is 11.1. The van der Waals surface area contributed by atoms with Crippen molar-refractivity contribution < 1.29 is 4.79 Å². The topological polar surface area (TPSA) is 67.8 Å². The van der Waals surface area contributed by atoms with Gasteiger partial charge >= 0.3 is 0 Å². The number of carbonyl (C=O) groups excluding carboxylic acids is 1. The number of carbonyl (C=O) groups is 1. The summed E-state index contributed by atoms with van der Waals surface area (Å²) in [4.78, 5) is 24.1. The number of amides is 1. The van der Waals surface area contributed by atoms with E-state index in [-0.39, 0.29) is 15.9 Å². The predicted octanol–water partition coefficient (Wildman–Crippen LogP) is 4.10. The van der Waals surface area contributed by atoms with Crippen LogP contribution < -0.4 is 5.32 Å². The van der Waals surface area contributed by atoms with Crippen LogP contribution in [0.4, 0.5) is 5.69 Å². The molecule has 1 N–H and O–H groups in total. The van der Waals surface area contributed by atoms with Crippen LogP contribution in [0.5, 0.6) is 0 Å². The summed E-state index contributed by atoms with van der Waals surface area (Å²) in [5, 5.41) is 3.18. The van der Waals surface area contributed by atoms with Crippen molar-refractivity contribution in [2.24, 2.45) is 0 Å². The molecule has 0 aliphatic carbocycles. The fourth-order valence-electron chi connectivity index (χ4n) is 1.96. The molecular formula is C16H10Cl2N4O. The second kappa shape index (κ2) is 6.73. The monoisotopic (exact) mass is 344 g/mol. The average molecular weight is 345 g/mol. The van der Waals surface area contributed by atoms with Crippen molar-refractivity contribution >= 4 is 34.8 Å². The van der Waals surface area contributed by atoms with Gasteiger partial charge in [-0.15, -0.1) is 0 Å². The van der Waals surface area contributed by atoms with Gasteiger partial charge in [-0.3, -0.25) is 4.79 Å². The molecular weight excluding hydrogens is 335 g/mol. The molecule has 2 heterocycles. The molecule has 5 nitrogen and oxygen atoms in total. The molecule has 1 aromatic carbocycles. The molecule has 0 unspecified atom stereocenters. The maximum absolute atomic E-state index is 12.2. The Bertz CT molecular complexity index is 838. The van der Waals surface area contributed by atoms with E-state index in [9.17, 15) is 4.79 Å². The molecule has 3 rings (SSSR count). The van der Waals surface area contributed by atoms with E-state index >= 15 is 0 Å². The summed E-state index contributed by atoms with van der Waals surface area (Å²) in [6.45, 7) is 0. The smallest absolute Gasteiger partial charge is 0.275 e. The number of hydrogen-bond acceptors (Lipinski definition) is 4. The van der Waals surface area contributed by atoms with E-state index in [1.165, 1.54) is 18.5 Å². The lowest BCUT2D eigenvalue weighted by Crippen LogP contribution is -2.14. The fraction of sp³-hybridized carbons (Fsp3) is 0. The van der Waals surface area contributed by atoms with Gasteiger partial charge in [0.05, 0.1) is 5.02 Å². The van der Waals surface area contributed by atoms with Gasteiger partial charge in [0, 0.05) is 23.6 Å². The van der Waals surface area contributed by atoms with Gasteiger partial charge in [0.2, 0.25) is 0 Å². The third-order valence-electron chi connectivity index (χ3n) is 3.06. The summed E-state index contributed by atoms with van der Waals surface area (Å²) >= 11 is 11.8. The lowest BCUT2D eigenvalue weighted by Gasteiger charge is -2.07. The first kappa shape index (κ1) is 15.4. The van der Waals surface area contributed by atoms with Crippen molar-refractivity contribution in [3.05, 3.63) is 71.0 Å². The second-order valence-electron chi connectivity index (χ2n) is 4.62. The number of nitrogens with zero attached hydrogens (tertiary/aromatic N) is 3. The van der Waals surface area contributed by atoms with Gasteiger partial charge in [-0.25, -0.2) is 15.0 Å². The van der Waals surface area contributed by atoms with Crippen LogP contribution in [0.2, 0.25) is 10.2 Å². The Labute approximate surface area is 142 Å². The Balaban J connectivity index is 1.78. The number of rotatable bonds is 3. The van der Waals surface area contributed by atoms with E-state index in [0.717, 1.165) is 11.1 Å². The minimum Gasteiger partial charge on any atom is -0.321 e. The zero-order valence-electron chi connectivity index (χ0n) is 11.7. The summed E-state index contributed by atoms with van der Waals surface area (Å²) < 4.78 is 0. The Morgan fingerprint density at radius 2 is 1.61 bits per heavy atom. The molecule has 114 valence electrons. The van der Waals surface area contributed by atoms with E-state index in [1.54, 1.807) is 24.5 Å². The molecule has 3 aromatic rings. The maximum Gasteiger partial charge on any atom is 0.275 e. The van der Waals surface area contributed by atoms with Gasteiger partial charge in [-0.05, 0) is 29.8 Å². The number of pyridine rings is 1. The Kier molecular flexibility index (Phi) is 4.50. The minimum atomic E-state index is -0.423. The van der Waals surface area contributed by atoms with Gasteiger partial charge in [-0.2, -0.15) is 0 Å².